The van der Waals surface area contributed by atoms with Crippen LogP contribution in [0, 0.1) is 0 Å². The Hall–Kier alpha value is -1.85. The number of amides is 1. The van der Waals surface area contributed by atoms with E-state index < -0.39 is 6.10 Å². The Labute approximate surface area is 127 Å². The molecule has 1 aromatic carbocycles. The van der Waals surface area contributed by atoms with Crippen LogP contribution in [0.15, 0.2) is 53.7 Å². The Kier molecular flexibility index (Phi) is 4.22. The molecule has 1 aromatic heterocycles. The smallest absolute Gasteiger partial charge is 0.230 e. The number of hydrogen-bond donors (Lipinski definition) is 2. The fourth-order valence-corrected chi connectivity index (χ4v) is 3.24. The summed E-state index contributed by atoms with van der Waals surface area (Å²) in [5.74, 6) is 0.257. The van der Waals surface area contributed by atoms with E-state index >= 15 is 0 Å². The van der Waals surface area contributed by atoms with Crippen molar-refractivity contribution in [3.63, 3.8) is 0 Å². The first-order chi connectivity index (χ1) is 10.2. The van der Waals surface area contributed by atoms with E-state index in [1.54, 1.807) is 12.4 Å². The lowest BCUT2D eigenvalue weighted by Gasteiger charge is -2.17. The van der Waals surface area contributed by atoms with Crippen molar-refractivity contribution in [2.75, 3.05) is 5.75 Å². The monoisotopic (exact) mass is 300 g/mol. The van der Waals surface area contributed by atoms with E-state index in [-0.39, 0.29) is 11.9 Å². The molecule has 1 amide bonds. The van der Waals surface area contributed by atoms with Crippen molar-refractivity contribution in [2.45, 2.75) is 23.5 Å². The predicted octanol–water partition coefficient (Wildman–Crippen LogP) is 1.95. The fraction of sp³-hybridized carbons (Fsp3) is 0.250. The van der Waals surface area contributed by atoms with Gasteiger partial charge < -0.3 is 10.4 Å². The minimum atomic E-state index is -0.544. The number of rotatable bonds is 4. The standard InChI is InChI=1S/C16H16N2O2S/c19-14-9-11-3-1-2-4-13(11)16(14)18-15(20)10-21-12-5-7-17-8-6-12/h1-8,14,16,19H,9-10H2,(H,18,20)/t14-,16+/m0/s1. The summed E-state index contributed by atoms with van der Waals surface area (Å²) in [6.07, 6.45) is 3.46. The fourth-order valence-electron chi connectivity index (χ4n) is 2.55. The van der Waals surface area contributed by atoms with Gasteiger partial charge >= 0.3 is 0 Å². The molecule has 4 nitrogen and oxygen atoms in total. The van der Waals surface area contributed by atoms with Gasteiger partial charge in [-0.15, -0.1) is 11.8 Å². The van der Waals surface area contributed by atoms with Gasteiger partial charge in [0, 0.05) is 23.7 Å². The highest BCUT2D eigenvalue weighted by molar-refractivity contribution is 8.00. The highest BCUT2D eigenvalue weighted by Crippen LogP contribution is 2.31. The number of carbonyl (C=O) groups excluding carboxylic acids is 1. The molecule has 0 saturated carbocycles. The number of aliphatic hydroxyl groups excluding tert-OH is 1. The molecule has 1 aliphatic carbocycles. The van der Waals surface area contributed by atoms with Crippen molar-refractivity contribution in [1.82, 2.24) is 10.3 Å². The second-order valence-corrected chi connectivity index (χ2v) is 6.04. The Morgan fingerprint density at radius 1 is 1.29 bits per heavy atom. The second kappa shape index (κ2) is 6.28. The summed E-state index contributed by atoms with van der Waals surface area (Å²) in [5, 5.41) is 13.0. The van der Waals surface area contributed by atoms with Gasteiger partial charge in [-0.05, 0) is 23.3 Å². The van der Waals surface area contributed by atoms with Crippen LogP contribution in [-0.2, 0) is 11.2 Å². The molecule has 3 rings (SSSR count). The largest absolute Gasteiger partial charge is 0.390 e. The minimum Gasteiger partial charge on any atom is -0.390 e. The molecular weight excluding hydrogens is 284 g/mol. The lowest BCUT2D eigenvalue weighted by atomic mass is 10.1. The maximum atomic E-state index is 12.1. The van der Waals surface area contributed by atoms with Crippen LogP contribution in [0.5, 0.6) is 0 Å². The van der Waals surface area contributed by atoms with E-state index in [9.17, 15) is 9.90 Å². The van der Waals surface area contributed by atoms with E-state index in [4.69, 9.17) is 0 Å². The van der Waals surface area contributed by atoms with Gasteiger partial charge in [0.1, 0.15) is 0 Å². The molecule has 21 heavy (non-hydrogen) atoms. The first-order valence-corrected chi connectivity index (χ1v) is 7.80. The third kappa shape index (κ3) is 3.25. The highest BCUT2D eigenvalue weighted by atomic mass is 32.2. The van der Waals surface area contributed by atoms with Crippen molar-refractivity contribution < 1.29 is 9.90 Å². The van der Waals surface area contributed by atoms with Gasteiger partial charge in [-0.3, -0.25) is 9.78 Å². The van der Waals surface area contributed by atoms with Crippen molar-refractivity contribution in [3.8, 4) is 0 Å². The number of thioether (sulfide) groups is 1. The predicted molar refractivity (Wildman–Crippen MR) is 82.0 cm³/mol. The van der Waals surface area contributed by atoms with Crippen molar-refractivity contribution in [2.24, 2.45) is 0 Å². The summed E-state index contributed by atoms with van der Waals surface area (Å²) >= 11 is 1.46. The molecule has 1 aliphatic rings. The number of hydrogen-bond acceptors (Lipinski definition) is 4. The molecule has 2 aromatic rings. The summed E-state index contributed by atoms with van der Waals surface area (Å²) < 4.78 is 0. The Bertz CT molecular complexity index is 633. The van der Waals surface area contributed by atoms with Gasteiger partial charge in [-0.1, -0.05) is 24.3 Å². The van der Waals surface area contributed by atoms with Gasteiger partial charge in [-0.2, -0.15) is 0 Å². The van der Waals surface area contributed by atoms with E-state index in [1.165, 1.54) is 11.8 Å². The molecule has 2 atom stereocenters. The van der Waals surface area contributed by atoms with Gasteiger partial charge in [0.15, 0.2) is 0 Å². The van der Waals surface area contributed by atoms with E-state index in [0.717, 1.165) is 16.0 Å². The zero-order chi connectivity index (χ0) is 14.7. The molecule has 0 spiro atoms. The first-order valence-electron chi connectivity index (χ1n) is 6.82. The van der Waals surface area contributed by atoms with Crippen molar-refractivity contribution in [1.29, 1.82) is 0 Å². The second-order valence-electron chi connectivity index (χ2n) is 4.99. The number of carbonyl (C=O) groups is 1. The van der Waals surface area contributed by atoms with Gasteiger partial charge in [0.2, 0.25) is 5.91 Å². The maximum Gasteiger partial charge on any atom is 0.230 e. The Balaban J connectivity index is 1.60. The lowest BCUT2D eigenvalue weighted by molar-refractivity contribution is -0.120. The topological polar surface area (TPSA) is 62.2 Å². The number of aliphatic hydroxyl groups is 1. The van der Waals surface area contributed by atoms with Crippen LogP contribution in [-0.4, -0.2) is 27.9 Å². The van der Waals surface area contributed by atoms with Crippen LogP contribution in [0.2, 0.25) is 0 Å². The molecule has 1 heterocycles. The molecular formula is C16H16N2O2S. The third-order valence-corrected chi connectivity index (χ3v) is 4.55. The molecule has 5 heteroatoms. The lowest BCUT2D eigenvalue weighted by Crippen LogP contribution is -2.34. The summed E-state index contributed by atoms with van der Waals surface area (Å²) in [4.78, 5) is 17.0. The van der Waals surface area contributed by atoms with Gasteiger partial charge in [0.05, 0.1) is 17.9 Å². The number of pyridine rings is 1. The number of aromatic nitrogens is 1. The molecule has 0 radical (unpaired) electrons. The van der Waals surface area contributed by atoms with Gasteiger partial charge in [-0.25, -0.2) is 0 Å². The first kappa shape index (κ1) is 14.1. The summed E-state index contributed by atoms with van der Waals surface area (Å²) in [5.41, 5.74) is 2.13. The number of benzene rings is 1. The molecule has 0 bridgehead atoms. The average Bonchev–Trinajstić information content (AvgIpc) is 2.82. The summed E-state index contributed by atoms with van der Waals surface area (Å²) in [6.45, 7) is 0. The summed E-state index contributed by atoms with van der Waals surface area (Å²) in [6, 6.07) is 11.3. The van der Waals surface area contributed by atoms with E-state index in [0.29, 0.717) is 12.2 Å². The summed E-state index contributed by atoms with van der Waals surface area (Å²) in [7, 11) is 0. The molecule has 2 N–H and O–H groups in total. The van der Waals surface area contributed by atoms with Crippen LogP contribution >= 0.6 is 11.8 Å². The van der Waals surface area contributed by atoms with Crippen molar-refractivity contribution in [3.05, 3.63) is 59.9 Å². The Morgan fingerprint density at radius 3 is 2.86 bits per heavy atom. The SMILES string of the molecule is O=C(CSc1ccncc1)N[C@@H]1c2ccccc2C[C@@H]1O. The van der Waals surface area contributed by atoms with Crippen molar-refractivity contribution >= 4 is 17.7 Å². The quantitative estimate of drug-likeness (QED) is 0.847. The third-order valence-electron chi connectivity index (χ3n) is 3.54. The molecule has 0 aliphatic heterocycles. The van der Waals surface area contributed by atoms with Crippen LogP contribution in [0.4, 0.5) is 0 Å². The average molecular weight is 300 g/mol. The molecule has 108 valence electrons. The zero-order valence-corrected chi connectivity index (χ0v) is 12.2. The molecule has 0 unspecified atom stereocenters. The number of nitrogens with one attached hydrogen (secondary N) is 1. The number of nitrogens with zero attached hydrogens (tertiary/aromatic N) is 1. The van der Waals surface area contributed by atoms with E-state index in [2.05, 4.69) is 10.3 Å². The normalized spacial score (nSPS) is 20.0. The number of fused-ring (bicyclic) bond motifs is 1. The highest BCUT2D eigenvalue weighted by Gasteiger charge is 2.31. The maximum absolute atomic E-state index is 12.1. The molecule has 0 fully saturated rings. The Morgan fingerprint density at radius 2 is 2.05 bits per heavy atom. The van der Waals surface area contributed by atoms with Crippen LogP contribution in [0.3, 0.4) is 0 Å². The van der Waals surface area contributed by atoms with Crippen LogP contribution in [0.1, 0.15) is 17.2 Å². The zero-order valence-electron chi connectivity index (χ0n) is 11.4. The minimum absolute atomic E-state index is 0.0717. The van der Waals surface area contributed by atoms with E-state index in [1.807, 2.05) is 36.4 Å². The molecule has 0 saturated heterocycles. The van der Waals surface area contributed by atoms with Gasteiger partial charge in [0.25, 0.3) is 0 Å². The van der Waals surface area contributed by atoms with Crippen LogP contribution < -0.4 is 5.32 Å². The van der Waals surface area contributed by atoms with Crippen LogP contribution in [0.25, 0.3) is 0 Å².